The van der Waals surface area contributed by atoms with E-state index in [0.29, 0.717) is 0 Å². The molecule has 0 aliphatic heterocycles. The average molecular weight is 172 g/mol. The molecular weight excluding hydrogens is 163 g/mol. The van der Waals surface area contributed by atoms with Crippen molar-refractivity contribution in [2.24, 2.45) is 0 Å². The van der Waals surface area contributed by atoms with Gasteiger partial charge < -0.3 is 0 Å². The molecule has 0 nitrogen and oxygen atoms in total. The molecule has 0 saturated carbocycles. The van der Waals surface area contributed by atoms with Crippen molar-refractivity contribution in [3.05, 3.63) is 35.4 Å². The third-order valence-corrected chi connectivity index (χ3v) is 1.91. The molecule has 1 aliphatic carbocycles. The molecule has 0 fully saturated rings. The number of hydrogen-bond acceptors (Lipinski definition) is 0. The quantitative estimate of drug-likeness (QED) is 0.414. The maximum absolute atomic E-state index is 3.25. The molecule has 1 radical (unpaired) electrons. The normalized spacial score (nSPS) is 14.0. The molecule has 2 rings (SSSR count). The summed E-state index contributed by atoms with van der Waals surface area (Å²) in [5.74, 6) is 0. The van der Waals surface area contributed by atoms with Gasteiger partial charge in [-0.3, -0.25) is 0 Å². The maximum Gasteiger partial charge on any atom is 0 e. The van der Waals surface area contributed by atoms with Gasteiger partial charge in [0.15, 0.2) is 0 Å². The SMILES string of the molecule is [Mn].[c-]1cccc2c1CCC2. The van der Waals surface area contributed by atoms with Crippen LogP contribution in [0.2, 0.25) is 0 Å². The second kappa shape index (κ2) is 3.23. The molecule has 0 heterocycles. The van der Waals surface area contributed by atoms with Crippen molar-refractivity contribution in [1.82, 2.24) is 0 Å². The summed E-state index contributed by atoms with van der Waals surface area (Å²) in [6, 6.07) is 9.53. The second-order valence-electron chi connectivity index (χ2n) is 2.53. The van der Waals surface area contributed by atoms with Gasteiger partial charge in [-0.05, 0) is 0 Å². The van der Waals surface area contributed by atoms with Gasteiger partial charge in [0.05, 0.1) is 0 Å². The van der Waals surface area contributed by atoms with Crippen molar-refractivity contribution in [3.63, 3.8) is 0 Å². The molecule has 0 spiro atoms. The minimum atomic E-state index is 0. The van der Waals surface area contributed by atoms with Crippen LogP contribution in [0, 0.1) is 6.07 Å². The first-order valence-electron chi connectivity index (χ1n) is 3.45. The van der Waals surface area contributed by atoms with Crippen LogP contribution in [0.4, 0.5) is 0 Å². The van der Waals surface area contributed by atoms with Gasteiger partial charge in [0.1, 0.15) is 0 Å². The van der Waals surface area contributed by atoms with Gasteiger partial charge in [-0.1, -0.05) is 19.3 Å². The Morgan fingerprint density at radius 1 is 1.30 bits per heavy atom. The number of benzene rings is 1. The van der Waals surface area contributed by atoms with Gasteiger partial charge in [0.25, 0.3) is 0 Å². The van der Waals surface area contributed by atoms with Crippen LogP contribution >= 0.6 is 0 Å². The van der Waals surface area contributed by atoms with Crippen molar-refractivity contribution in [2.45, 2.75) is 19.3 Å². The van der Waals surface area contributed by atoms with Crippen LogP contribution in [-0.4, -0.2) is 0 Å². The molecule has 0 unspecified atom stereocenters. The summed E-state index contributed by atoms with van der Waals surface area (Å²) in [5, 5.41) is 0. The molecule has 1 aliphatic rings. The van der Waals surface area contributed by atoms with E-state index in [4.69, 9.17) is 0 Å². The molecule has 0 N–H and O–H groups in total. The van der Waals surface area contributed by atoms with E-state index in [9.17, 15) is 0 Å². The maximum atomic E-state index is 3.25. The molecule has 10 heavy (non-hydrogen) atoms. The first-order chi connectivity index (χ1) is 4.47. The third-order valence-electron chi connectivity index (χ3n) is 1.91. The first-order valence-corrected chi connectivity index (χ1v) is 3.45. The monoisotopic (exact) mass is 172 g/mol. The van der Waals surface area contributed by atoms with Gasteiger partial charge in [-0.25, -0.2) is 0 Å². The Balaban J connectivity index is 0.000000500. The van der Waals surface area contributed by atoms with Crippen molar-refractivity contribution >= 4 is 0 Å². The van der Waals surface area contributed by atoms with Crippen molar-refractivity contribution in [2.75, 3.05) is 0 Å². The van der Waals surface area contributed by atoms with Gasteiger partial charge in [0.2, 0.25) is 0 Å². The standard InChI is InChI=1S/C9H9.Mn/c1-2-5-9-7-3-6-8(9)4-1;/h1-2,4H,3,6-7H2;/q-1;. The molecule has 53 valence electrons. The molecule has 1 aromatic rings. The molecule has 1 heteroatoms. The summed E-state index contributed by atoms with van der Waals surface area (Å²) >= 11 is 0. The van der Waals surface area contributed by atoms with E-state index in [0.717, 1.165) is 0 Å². The number of fused-ring (bicyclic) bond motifs is 1. The fourth-order valence-corrected chi connectivity index (χ4v) is 1.43. The summed E-state index contributed by atoms with van der Waals surface area (Å²) in [7, 11) is 0. The van der Waals surface area contributed by atoms with Crippen LogP contribution < -0.4 is 0 Å². The van der Waals surface area contributed by atoms with Gasteiger partial charge in [-0.2, -0.15) is 35.4 Å². The van der Waals surface area contributed by atoms with Gasteiger partial charge in [0, 0.05) is 17.1 Å². The first kappa shape index (κ1) is 7.84. The Morgan fingerprint density at radius 3 is 3.00 bits per heavy atom. The Hall–Kier alpha value is -0.261. The zero-order valence-corrected chi connectivity index (χ0v) is 6.91. The Bertz CT molecular complexity index is 195. The zero-order valence-electron chi connectivity index (χ0n) is 5.73. The molecule has 0 saturated heterocycles. The largest absolute Gasteiger partial charge is 0.180 e. The Labute approximate surface area is 72.1 Å². The van der Waals surface area contributed by atoms with E-state index in [1.807, 2.05) is 6.07 Å². The minimum Gasteiger partial charge on any atom is -0.180 e. The molecule has 1 aromatic carbocycles. The molecule has 0 bridgehead atoms. The van der Waals surface area contributed by atoms with E-state index in [2.05, 4.69) is 18.2 Å². The van der Waals surface area contributed by atoms with E-state index in [1.165, 1.54) is 30.4 Å². The Kier molecular flexibility index (Phi) is 2.53. The van der Waals surface area contributed by atoms with Crippen LogP contribution in [-0.2, 0) is 29.9 Å². The number of aryl methyl sites for hydroxylation is 2. The summed E-state index contributed by atoms with van der Waals surface area (Å²) in [5.41, 5.74) is 2.95. The van der Waals surface area contributed by atoms with E-state index in [1.54, 1.807) is 0 Å². The summed E-state index contributed by atoms with van der Waals surface area (Å²) in [6.45, 7) is 0. The summed E-state index contributed by atoms with van der Waals surface area (Å²) in [6.07, 6.45) is 3.85. The molecular formula is C9H9Mn-. The molecule has 0 amide bonds. The van der Waals surface area contributed by atoms with Crippen molar-refractivity contribution in [3.8, 4) is 0 Å². The second-order valence-corrected chi connectivity index (χ2v) is 2.53. The van der Waals surface area contributed by atoms with Crippen molar-refractivity contribution < 1.29 is 17.1 Å². The number of hydrogen-bond donors (Lipinski definition) is 0. The van der Waals surface area contributed by atoms with Crippen LogP contribution in [0.25, 0.3) is 0 Å². The molecule has 0 aromatic heterocycles. The number of rotatable bonds is 0. The predicted octanol–water partition coefficient (Wildman–Crippen LogP) is 1.97. The van der Waals surface area contributed by atoms with Gasteiger partial charge in [-0.15, -0.1) is 0 Å². The van der Waals surface area contributed by atoms with Crippen molar-refractivity contribution in [1.29, 1.82) is 0 Å². The van der Waals surface area contributed by atoms with E-state index >= 15 is 0 Å². The summed E-state index contributed by atoms with van der Waals surface area (Å²) < 4.78 is 0. The molecule has 0 atom stereocenters. The van der Waals surface area contributed by atoms with E-state index in [-0.39, 0.29) is 17.1 Å². The summed E-state index contributed by atoms with van der Waals surface area (Å²) in [4.78, 5) is 0. The average Bonchev–Trinajstić information content (AvgIpc) is 2.33. The predicted molar refractivity (Wildman–Crippen MR) is 37.3 cm³/mol. The third kappa shape index (κ3) is 1.25. The van der Waals surface area contributed by atoms with Crippen LogP contribution in [0.3, 0.4) is 0 Å². The smallest absolute Gasteiger partial charge is 0 e. The Morgan fingerprint density at radius 2 is 2.20 bits per heavy atom. The van der Waals surface area contributed by atoms with Crippen LogP contribution in [0.1, 0.15) is 17.5 Å². The fraction of sp³-hybridized carbons (Fsp3) is 0.333. The topological polar surface area (TPSA) is 0 Å². The van der Waals surface area contributed by atoms with Gasteiger partial charge >= 0.3 is 0 Å². The van der Waals surface area contributed by atoms with E-state index < -0.39 is 0 Å². The van der Waals surface area contributed by atoms with Crippen LogP contribution in [0.5, 0.6) is 0 Å². The minimum absolute atomic E-state index is 0. The zero-order chi connectivity index (χ0) is 6.10. The fourth-order valence-electron chi connectivity index (χ4n) is 1.43. The van der Waals surface area contributed by atoms with Crippen LogP contribution in [0.15, 0.2) is 18.2 Å².